The molecule has 0 atom stereocenters. The molecule has 0 radical (unpaired) electrons. The van der Waals surface area contributed by atoms with Gasteiger partial charge in [0.2, 0.25) is 5.95 Å². The number of methoxy groups -OCH3 is 1. The summed E-state index contributed by atoms with van der Waals surface area (Å²) in [5.74, 6) is -1.31. The number of halogens is 2. The van der Waals surface area contributed by atoms with E-state index in [1.54, 1.807) is 0 Å². The lowest BCUT2D eigenvalue weighted by molar-refractivity contribution is 0.122. The number of nitrogens with zero attached hydrogens (tertiary/aromatic N) is 4. The Morgan fingerprint density at radius 2 is 2.00 bits per heavy atom. The Balaban J connectivity index is 1.63. The minimum Gasteiger partial charge on any atom is -0.467 e. The minimum absolute atomic E-state index is 0.00820. The molecule has 1 saturated heterocycles. The highest BCUT2D eigenvalue weighted by Gasteiger charge is 2.17. The van der Waals surface area contributed by atoms with E-state index in [9.17, 15) is 13.6 Å². The van der Waals surface area contributed by atoms with Crippen LogP contribution >= 0.6 is 0 Å². The molecule has 2 aromatic rings. The number of rotatable bonds is 5. The second-order valence-corrected chi connectivity index (χ2v) is 5.57. The zero-order valence-corrected chi connectivity index (χ0v) is 14.5. The molecule has 1 aromatic carbocycles. The van der Waals surface area contributed by atoms with E-state index >= 15 is 0 Å². The van der Waals surface area contributed by atoms with Crippen molar-refractivity contribution in [1.29, 1.82) is 0 Å². The Kier molecular flexibility index (Phi) is 5.91. The van der Waals surface area contributed by atoms with Crippen LogP contribution in [0.25, 0.3) is 0 Å². The lowest BCUT2D eigenvalue weighted by Gasteiger charge is -2.26. The van der Waals surface area contributed by atoms with Crippen molar-refractivity contribution in [2.75, 3.05) is 43.6 Å². The van der Waals surface area contributed by atoms with Crippen molar-refractivity contribution in [2.24, 2.45) is 0 Å². The molecule has 1 fully saturated rings. The largest absolute Gasteiger partial charge is 0.467 e. The molecule has 1 aliphatic rings. The molecule has 27 heavy (non-hydrogen) atoms. The van der Waals surface area contributed by atoms with Crippen molar-refractivity contribution in [1.82, 2.24) is 20.3 Å². The molecule has 0 saturated carbocycles. The molecular weight excluding hydrogens is 362 g/mol. The van der Waals surface area contributed by atoms with Crippen molar-refractivity contribution in [3.63, 3.8) is 0 Å². The van der Waals surface area contributed by atoms with E-state index in [2.05, 4.69) is 25.6 Å². The maximum Gasteiger partial charge on any atom is 0.321 e. The molecular formula is C16H18F2N6O3. The monoisotopic (exact) mass is 380 g/mol. The first-order valence-corrected chi connectivity index (χ1v) is 8.16. The second-order valence-electron chi connectivity index (χ2n) is 5.57. The smallest absolute Gasteiger partial charge is 0.321 e. The number of hydrogen-bond donors (Lipinski definition) is 2. The molecule has 2 N–H and O–H groups in total. The second kappa shape index (κ2) is 8.54. The molecule has 9 nitrogen and oxygen atoms in total. The Morgan fingerprint density at radius 3 is 2.70 bits per heavy atom. The van der Waals surface area contributed by atoms with Gasteiger partial charge in [0.25, 0.3) is 0 Å². The van der Waals surface area contributed by atoms with Crippen LogP contribution in [0.5, 0.6) is 6.01 Å². The van der Waals surface area contributed by atoms with E-state index in [1.807, 2.05) is 4.90 Å². The van der Waals surface area contributed by atoms with Crippen LogP contribution in [-0.4, -0.2) is 54.4 Å². The number of nitrogens with one attached hydrogen (secondary N) is 2. The SMILES string of the molecule is COc1nc(CNC(=O)Nc2ccc(F)c(F)c2)nc(N2CCOCC2)n1. The summed E-state index contributed by atoms with van der Waals surface area (Å²) in [6, 6.07) is 2.58. The molecule has 2 amide bonds. The van der Waals surface area contributed by atoms with E-state index in [1.165, 1.54) is 13.2 Å². The van der Waals surface area contributed by atoms with Gasteiger partial charge >= 0.3 is 12.0 Å². The number of hydrogen-bond acceptors (Lipinski definition) is 7. The summed E-state index contributed by atoms with van der Waals surface area (Å²) in [7, 11) is 1.44. The van der Waals surface area contributed by atoms with Gasteiger partial charge in [0.1, 0.15) is 0 Å². The molecule has 0 bridgehead atoms. The van der Waals surface area contributed by atoms with Gasteiger partial charge in [-0.3, -0.25) is 0 Å². The average molecular weight is 380 g/mol. The Hall–Kier alpha value is -3.08. The number of ether oxygens (including phenoxy) is 2. The first-order chi connectivity index (χ1) is 13.0. The molecule has 0 unspecified atom stereocenters. The average Bonchev–Trinajstić information content (AvgIpc) is 2.69. The number of anilines is 2. The van der Waals surface area contributed by atoms with Crippen LogP contribution in [0.4, 0.5) is 25.2 Å². The highest BCUT2D eigenvalue weighted by molar-refractivity contribution is 5.89. The molecule has 3 rings (SSSR count). The quantitative estimate of drug-likeness (QED) is 0.807. The van der Waals surface area contributed by atoms with Crippen LogP contribution < -0.4 is 20.3 Å². The van der Waals surface area contributed by atoms with Gasteiger partial charge in [-0.2, -0.15) is 15.0 Å². The Morgan fingerprint density at radius 1 is 1.22 bits per heavy atom. The van der Waals surface area contributed by atoms with E-state index in [4.69, 9.17) is 9.47 Å². The van der Waals surface area contributed by atoms with Crippen LogP contribution in [0.3, 0.4) is 0 Å². The number of benzene rings is 1. The maximum absolute atomic E-state index is 13.2. The first kappa shape index (κ1) is 18.7. The predicted molar refractivity (Wildman–Crippen MR) is 91.6 cm³/mol. The van der Waals surface area contributed by atoms with Crippen molar-refractivity contribution >= 4 is 17.7 Å². The number of urea groups is 1. The third-order valence-corrected chi connectivity index (χ3v) is 3.71. The van der Waals surface area contributed by atoms with Crippen molar-refractivity contribution in [2.45, 2.75) is 6.54 Å². The molecule has 1 aliphatic heterocycles. The summed E-state index contributed by atoms with van der Waals surface area (Å²) >= 11 is 0. The van der Waals surface area contributed by atoms with Crippen molar-refractivity contribution < 1.29 is 23.0 Å². The Labute approximate surface area is 153 Å². The van der Waals surface area contributed by atoms with Crippen LogP contribution in [0.2, 0.25) is 0 Å². The van der Waals surface area contributed by atoms with Crippen molar-refractivity contribution in [3.8, 4) is 6.01 Å². The predicted octanol–water partition coefficient (Wildman–Crippen LogP) is 1.32. The summed E-state index contributed by atoms with van der Waals surface area (Å²) in [4.78, 5) is 26.5. The van der Waals surface area contributed by atoms with Gasteiger partial charge in [0.05, 0.1) is 26.9 Å². The fourth-order valence-electron chi connectivity index (χ4n) is 2.37. The molecule has 1 aromatic heterocycles. The van der Waals surface area contributed by atoms with Gasteiger partial charge in [-0.05, 0) is 12.1 Å². The van der Waals surface area contributed by atoms with Gasteiger partial charge in [0, 0.05) is 24.8 Å². The summed E-state index contributed by atoms with van der Waals surface area (Å²) < 4.78 is 36.5. The van der Waals surface area contributed by atoms with Gasteiger partial charge in [-0.25, -0.2) is 13.6 Å². The van der Waals surface area contributed by atoms with Gasteiger partial charge in [-0.15, -0.1) is 0 Å². The van der Waals surface area contributed by atoms with Crippen molar-refractivity contribution in [3.05, 3.63) is 35.7 Å². The zero-order chi connectivity index (χ0) is 19.2. The standard InChI is InChI=1S/C16H18F2N6O3/c1-26-16-22-13(21-14(23-16)24-4-6-27-7-5-24)9-19-15(25)20-10-2-3-11(17)12(18)8-10/h2-3,8H,4-7,9H2,1H3,(H2,19,20,25). The highest BCUT2D eigenvalue weighted by Crippen LogP contribution is 2.15. The van der Waals surface area contributed by atoms with Crippen LogP contribution in [-0.2, 0) is 11.3 Å². The highest BCUT2D eigenvalue weighted by atomic mass is 19.2. The number of amides is 2. The molecule has 11 heteroatoms. The van der Waals surface area contributed by atoms with Gasteiger partial charge in [-0.1, -0.05) is 0 Å². The van der Waals surface area contributed by atoms with E-state index in [0.29, 0.717) is 38.1 Å². The van der Waals surface area contributed by atoms with Gasteiger partial charge < -0.3 is 25.0 Å². The normalized spacial score (nSPS) is 14.0. The van der Waals surface area contributed by atoms with Crippen LogP contribution in [0.1, 0.15) is 5.82 Å². The van der Waals surface area contributed by atoms with E-state index < -0.39 is 17.7 Å². The Bertz CT molecular complexity index is 817. The maximum atomic E-state index is 13.2. The molecule has 0 aliphatic carbocycles. The summed E-state index contributed by atoms with van der Waals surface area (Å²) in [6.45, 7) is 2.40. The zero-order valence-electron chi connectivity index (χ0n) is 14.5. The number of aromatic nitrogens is 3. The summed E-state index contributed by atoms with van der Waals surface area (Å²) in [6.07, 6.45) is 0. The number of carbonyl (C=O) groups excluding carboxylic acids is 1. The lowest BCUT2D eigenvalue weighted by Crippen LogP contribution is -2.38. The molecule has 2 heterocycles. The van der Waals surface area contributed by atoms with E-state index in [0.717, 1.165) is 12.1 Å². The fourth-order valence-corrected chi connectivity index (χ4v) is 2.37. The molecule has 0 spiro atoms. The van der Waals surface area contributed by atoms with E-state index in [-0.39, 0.29) is 18.2 Å². The third kappa shape index (κ3) is 4.97. The first-order valence-electron chi connectivity index (χ1n) is 8.16. The lowest BCUT2D eigenvalue weighted by atomic mass is 10.3. The third-order valence-electron chi connectivity index (χ3n) is 3.71. The number of carbonyl (C=O) groups is 1. The van der Waals surface area contributed by atoms with Crippen LogP contribution in [0, 0.1) is 11.6 Å². The van der Waals surface area contributed by atoms with Crippen LogP contribution in [0.15, 0.2) is 18.2 Å². The minimum atomic E-state index is -1.05. The van der Waals surface area contributed by atoms with Gasteiger partial charge in [0.15, 0.2) is 17.5 Å². The summed E-state index contributed by atoms with van der Waals surface area (Å²) in [5, 5.41) is 4.95. The fraction of sp³-hybridized carbons (Fsp3) is 0.375. The topological polar surface area (TPSA) is 102 Å². The summed E-state index contributed by atoms with van der Waals surface area (Å²) in [5.41, 5.74) is 0.119. The molecule has 144 valence electrons. The number of morpholine rings is 1.